The zero-order valence-electron chi connectivity index (χ0n) is 15.9. The van der Waals surface area contributed by atoms with Gasteiger partial charge in [-0.2, -0.15) is 0 Å². The zero-order valence-corrected chi connectivity index (χ0v) is 15.9. The quantitative estimate of drug-likeness (QED) is 0.524. The maximum atomic E-state index is 12.4. The Morgan fingerprint density at radius 2 is 1.60 bits per heavy atom. The third-order valence-corrected chi connectivity index (χ3v) is 4.28. The number of aromatic nitrogens is 4. The molecule has 4 aromatic rings. The van der Waals surface area contributed by atoms with Crippen molar-refractivity contribution in [2.75, 3.05) is 0 Å². The summed E-state index contributed by atoms with van der Waals surface area (Å²) >= 11 is 0. The number of nitrogens with zero attached hydrogens (tertiary/aromatic N) is 2. The number of nitrogens with one attached hydrogen (secondary N) is 2. The van der Waals surface area contributed by atoms with E-state index < -0.39 is 11.1 Å². The van der Waals surface area contributed by atoms with Crippen molar-refractivity contribution in [3.8, 4) is 5.75 Å². The Kier molecular flexibility index (Phi) is 5.61. The van der Waals surface area contributed by atoms with Crippen molar-refractivity contribution >= 4 is 12.2 Å². The van der Waals surface area contributed by atoms with Crippen LogP contribution in [0.2, 0.25) is 0 Å². The largest absolute Gasteiger partial charge is 0.487 e. The van der Waals surface area contributed by atoms with Crippen LogP contribution in [0.4, 0.5) is 0 Å². The topological polar surface area (TPSA) is 101 Å². The predicted molar refractivity (Wildman–Crippen MR) is 113 cm³/mol. The van der Waals surface area contributed by atoms with Gasteiger partial charge in [-0.15, -0.1) is 0 Å². The van der Waals surface area contributed by atoms with E-state index in [-0.39, 0.29) is 10.7 Å². The van der Waals surface area contributed by atoms with Gasteiger partial charge in [0.05, 0.1) is 11.9 Å². The summed E-state index contributed by atoms with van der Waals surface area (Å²) < 4.78 is 5.70. The molecule has 0 saturated carbocycles. The van der Waals surface area contributed by atoms with Crippen molar-refractivity contribution in [2.24, 2.45) is 0 Å². The van der Waals surface area contributed by atoms with E-state index in [4.69, 9.17) is 4.74 Å². The van der Waals surface area contributed by atoms with Crippen molar-refractivity contribution in [3.63, 3.8) is 0 Å². The molecule has 0 aliphatic heterocycles. The molecular weight excluding hydrogens is 380 g/mol. The average molecular weight is 398 g/mol. The molecule has 0 unspecified atom stereocenters. The van der Waals surface area contributed by atoms with Gasteiger partial charge in [-0.25, -0.2) is 0 Å². The first-order chi connectivity index (χ1) is 14.7. The SMILES string of the molecule is O=c1[nH]c(=Cc2ccc(OCc3ccccc3)cn2)c(=O)[nH]c1=Cc1cccnc1. The number of hydrogen-bond donors (Lipinski definition) is 2. The molecular formula is C23H18N4O3. The highest BCUT2D eigenvalue weighted by Crippen LogP contribution is 2.12. The summed E-state index contributed by atoms with van der Waals surface area (Å²) in [6.07, 6.45) is 7.88. The molecule has 0 fully saturated rings. The van der Waals surface area contributed by atoms with Crippen LogP contribution in [0.25, 0.3) is 12.2 Å². The average Bonchev–Trinajstić information content (AvgIpc) is 2.78. The monoisotopic (exact) mass is 398 g/mol. The maximum absolute atomic E-state index is 12.4. The molecule has 4 rings (SSSR count). The van der Waals surface area contributed by atoms with Crippen molar-refractivity contribution < 1.29 is 4.74 Å². The summed E-state index contributed by atoms with van der Waals surface area (Å²) in [6, 6.07) is 16.8. The Bertz CT molecular complexity index is 1360. The number of H-pyrrole nitrogens is 2. The van der Waals surface area contributed by atoms with Crippen LogP contribution >= 0.6 is 0 Å². The van der Waals surface area contributed by atoms with Crippen LogP contribution in [0.1, 0.15) is 16.8 Å². The molecule has 0 radical (unpaired) electrons. The van der Waals surface area contributed by atoms with Crippen LogP contribution in [0.3, 0.4) is 0 Å². The van der Waals surface area contributed by atoms with Crippen molar-refractivity contribution in [3.05, 3.63) is 121 Å². The van der Waals surface area contributed by atoms with Gasteiger partial charge < -0.3 is 14.7 Å². The molecule has 30 heavy (non-hydrogen) atoms. The van der Waals surface area contributed by atoms with E-state index in [1.165, 1.54) is 6.08 Å². The first-order valence-corrected chi connectivity index (χ1v) is 9.26. The normalized spacial score (nSPS) is 12.1. The van der Waals surface area contributed by atoms with Gasteiger partial charge in [-0.05, 0) is 41.5 Å². The van der Waals surface area contributed by atoms with E-state index in [0.717, 1.165) is 5.56 Å². The van der Waals surface area contributed by atoms with E-state index in [1.54, 1.807) is 48.9 Å². The minimum atomic E-state index is -0.420. The lowest BCUT2D eigenvalue weighted by Crippen LogP contribution is -2.46. The first kappa shape index (κ1) is 19.1. The second-order valence-corrected chi connectivity index (χ2v) is 6.50. The van der Waals surface area contributed by atoms with E-state index in [9.17, 15) is 9.59 Å². The number of benzene rings is 1. The molecule has 3 aromatic heterocycles. The van der Waals surface area contributed by atoms with Crippen LogP contribution in [0.5, 0.6) is 5.75 Å². The molecule has 0 atom stereocenters. The molecule has 0 aliphatic rings. The Hall–Kier alpha value is -4.26. The lowest BCUT2D eigenvalue weighted by Gasteiger charge is -2.05. The smallest absolute Gasteiger partial charge is 0.272 e. The third-order valence-electron chi connectivity index (χ3n) is 4.28. The Morgan fingerprint density at radius 1 is 0.833 bits per heavy atom. The highest BCUT2D eigenvalue weighted by Gasteiger charge is 2.00. The van der Waals surface area contributed by atoms with Gasteiger partial charge >= 0.3 is 0 Å². The molecule has 0 saturated heterocycles. The molecule has 0 amide bonds. The highest BCUT2D eigenvalue weighted by molar-refractivity contribution is 5.46. The molecule has 0 aliphatic carbocycles. The molecule has 7 heteroatoms. The minimum Gasteiger partial charge on any atom is -0.487 e. The second-order valence-electron chi connectivity index (χ2n) is 6.50. The molecule has 0 spiro atoms. The standard InChI is InChI=1S/C23H18N4O3/c28-22-20(11-17-7-4-10-24-13-17)26-23(29)21(27-22)12-18-8-9-19(14-25-18)30-15-16-5-2-1-3-6-16/h1-14H,15H2,(H,26,29)(H,27,28). The number of hydrogen-bond acceptors (Lipinski definition) is 5. The molecule has 1 aromatic carbocycles. The maximum Gasteiger partial charge on any atom is 0.272 e. The van der Waals surface area contributed by atoms with Crippen LogP contribution in [0, 0.1) is 0 Å². The van der Waals surface area contributed by atoms with E-state index in [0.29, 0.717) is 23.6 Å². The summed E-state index contributed by atoms with van der Waals surface area (Å²) in [7, 11) is 0. The van der Waals surface area contributed by atoms with Crippen LogP contribution in [-0.4, -0.2) is 19.9 Å². The summed E-state index contributed by atoms with van der Waals surface area (Å²) in [5.74, 6) is 0.611. The van der Waals surface area contributed by atoms with Gasteiger partial charge in [0.2, 0.25) is 0 Å². The zero-order chi connectivity index (χ0) is 20.8. The lowest BCUT2D eigenvalue weighted by molar-refractivity contribution is 0.305. The van der Waals surface area contributed by atoms with E-state index >= 15 is 0 Å². The van der Waals surface area contributed by atoms with Gasteiger partial charge in [0, 0.05) is 12.4 Å². The van der Waals surface area contributed by atoms with Crippen molar-refractivity contribution in [2.45, 2.75) is 6.61 Å². The van der Waals surface area contributed by atoms with Gasteiger partial charge in [0.15, 0.2) is 0 Å². The van der Waals surface area contributed by atoms with Crippen LogP contribution in [0.15, 0.2) is 82.8 Å². The molecule has 2 N–H and O–H groups in total. The predicted octanol–water partition coefficient (Wildman–Crippen LogP) is 1.09. The van der Waals surface area contributed by atoms with E-state index in [2.05, 4.69) is 19.9 Å². The summed E-state index contributed by atoms with van der Waals surface area (Å²) in [5, 5.41) is 0.275. The highest BCUT2D eigenvalue weighted by atomic mass is 16.5. The Morgan fingerprint density at radius 3 is 2.27 bits per heavy atom. The number of aromatic amines is 2. The Balaban J connectivity index is 1.56. The van der Waals surface area contributed by atoms with Crippen molar-refractivity contribution in [1.29, 1.82) is 0 Å². The van der Waals surface area contributed by atoms with Crippen LogP contribution in [-0.2, 0) is 6.61 Å². The van der Waals surface area contributed by atoms with Gasteiger partial charge in [-0.3, -0.25) is 19.6 Å². The van der Waals surface area contributed by atoms with Gasteiger partial charge in [0.1, 0.15) is 23.1 Å². The minimum absolute atomic E-state index is 0.119. The summed E-state index contributed by atoms with van der Waals surface area (Å²) in [4.78, 5) is 38.1. The lowest BCUT2D eigenvalue weighted by atomic mass is 10.2. The summed E-state index contributed by atoms with van der Waals surface area (Å²) in [5.41, 5.74) is 1.46. The number of ether oxygens (including phenoxy) is 1. The Labute approximate surface area is 171 Å². The van der Waals surface area contributed by atoms with Gasteiger partial charge in [-0.1, -0.05) is 36.4 Å². The first-order valence-electron chi connectivity index (χ1n) is 9.26. The fourth-order valence-corrected chi connectivity index (χ4v) is 2.78. The fraction of sp³-hybridized carbons (Fsp3) is 0.0435. The second kappa shape index (κ2) is 8.83. The fourth-order valence-electron chi connectivity index (χ4n) is 2.78. The van der Waals surface area contributed by atoms with Gasteiger partial charge in [0.25, 0.3) is 11.1 Å². The molecule has 0 bridgehead atoms. The summed E-state index contributed by atoms with van der Waals surface area (Å²) in [6.45, 7) is 0.438. The molecule has 148 valence electrons. The number of pyridine rings is 2. The molecule has 7 nitrogen and oxygen atoms in total. The van der Waals surface area contributed by atoms with E-state index in [1.807, 2.05) is 30.3 Å². The van der Waals surface area contributed by atoms with Crippen molar-refractivity contribution in [1.82, 2.24) is 19.9 Å². The van der Waals surface area contributed by atoms with Crippen LogP contribution < -0.4 is 26.6 Å². The molecule has 3 heterocycles. The third kappa shape index (κ3) is 4.77. The number of rotatable bonds is 5.